The molecule has 0 amide bonds. The normalized spacial score (nSPS) is 22.1. The third kappa shape index (κ3) is 2.87. The summed E-state index contributed by atoms with van der Waals surface area (Å²) in [7, 11) is 0. The number of nitrogens with one attached hydrogen (secondary N) is 1. The molecule has 0 saturated carbocycles. The topological polar surface area (TPSA) is 62.8 Å². The van der Waals surface area contributed by atoms with Crippen molar-refractivity contribution in [1.29, 1.82) is 0 Å². The quantitative estimate of drug-likeness (QED) is 0.795. The Morgan fingerprint density at radius 1 is 1.10 bits per heavy atom. The Labute approximate surface area is 127 Å². The lowest BCUT2D eigenvalue weighted by Crippen LogP contribution is -2.35. The van der Waals surface area contributed by atoms with Crippen LogP contribution in [0, 0.1) is 5.92 Å². The number of nitrogens with zero attached hydrogens (tertiary/aromatic N) is 1. The lowest BCUT2D eigenvalue weighted by atomic mass is 9.76. The van der Waals surface area contributed by atoms with E-state index in [1.807, 2.05) is 0 Å². The highest BCUT2D eigenvalue weighted by molar-refractivity contribution is 9.10. The average Bonchev–Trinajstić information content (AvgIpc) is 2.81. The molecule has 0 saturated heterocycles. The van der Waals surface area contributed by atoms with Crippen molar-refractivity contribution in [3.63, 3.8) is 0 Å². The molecular weight excluding hydrogens is 320 g/mol. The predicted molar refractivity (Wildman–Crippen MR) is 80.9 cm³/mol. The van der Waals surface area contributed by atoms with Gasteiger partial charge in [-0.3, -0.25) is 9.59 Å². The van der Waals surface area contributed by atoms with Gasteiger partial charge in [-0.15, -0.1) is 0 Å². The van der Waals surface area contributed by atoms with E-state index in [9.17, 15) is 9.59 Å². The van der Waals surface area contributed by atoms with Crippen molar-refractivity contribution in [2.45, 2.75) is 58.3 Å². The first-order valence-corrected chi connectivity index (χ1v) is 8.22. The third-order valence-corrected chi connectivity index (χ3v) is 4.36. The van der Waals surface area contributed by atoms with Crippen molar-refractivity contribution in [3.8, 4) is 0 Å². The minimum absolute atomic E-state index is 0.0838. The molecule has 20 heavy (non-hydrogen) atoms. The van der Waals surface area contributed by atoms with Gasteiger partial charge < -0.3 is 4.98 Å². The number of Topliss-reactive ketones (excluding diaryl/α,β-unsaturated/α-hetero) is 2. The molecule has 2 unspecified atom stereocenters. The number of imidazole rings is 1. The first-order chi connectivity index (χ1) is 9.60. The number of hydrogen-bond donors (Lipinski definition) is 1. The van der Waals surface area contributed by atoms with Crippen LogP contribution in [0.2, 0.25) is 0 Å². The molecule has 0 radical (unpaired) electrons. The Bertz CT molecular complexity index is 510. The van der Waals surface area contributed by atoms with Gasteiger partial charge in [0.25, 0.3) is 0 Å². The molecule has 1 aliphatic carbocycles. The van der Waals surface area contributed by atoms with Crippen LogP contribution in [0.3, 0.4) is 0 Å². The van der Waals surface area contributed by atoms with Crippen molar-refractivity contribution in [2.24, 2.45) is 5.92 Å². The van der Waals surface area contributed by atoms with Crippen molar-refractivity contribution >= 4 is 27.5 Å². The average molecular weight is 341 g/mol. The number of unbranched alkanes of at least 4 members (excludes halogenated alkanes) is 2. The summed E-state index contributed by atoms with van der Waals surface area (Å²) in [6.45, 7) is 4.18. The second-order valence-electron chi connectivity index (χ2n) is 5.45. The molecule has 2 atom stereocenters. The number of aromatic nitrogens is 2. The van der Waals surface area contributed by atoms with Crippen molar-refractivity contribution in [1.82, 2.24) is 9.97 Å². The molecule has 0 aliphatic heterocycles. The van der Waals surface area contributed by atoms with Gasteiger partial charge in [-0.1, -0.05) is 39.5 Å². The molecule has 0 aromatic carbocycles. The van der Waals surface area contributed by atoms with E-state index < -0.39 is 5.92 Å². The van der Waals surface area contributed by atoms with Crippen LogP contribution in [-0.2, 0) is 4.79 Å². The van der Waals surface area contributed by atoms with Crippen LogP contribution in [0.1, 0.15) is 74.5 Å². The Balaban J connectivity index is 2.33. The van der Waals surface area contributed by atoms with Gasteiger partial charge in [0, 0.05) is 0 Å². The molecule has 5 heteroatoms. The molecule has 0 bridgehead atoms. The van der Waals surface area contributed by atoms with E-state index in [0.29, 0.717) is 22.5 Å². The van der Waals surface area contributed by atoms with Crippen LogP contribution in [0.15, 0.2) is 4.73 Å². The fourth-order valence-corrected chi connectivity index (χ4v) is 3.24. The summed E-state index contributed by atoms with van der Waals surface area (Å²) < 4.78 is 0.543. The van der Waals surface area contributed by atoms with Gasteiger partial charge in [-0.2, -0.15) is 0 Å². The van der Waals surface area contributed by atoms with Gasteiger partial charge in [-0.25, -0.2) is 4.98 Å². The maximum absolute atomic E-state index is 12.6. The van der Waals surface area contributed by atoms with Crippen LogP contribution in [-0.4, -0.2) is 21.5 Å². The first-order valence-electron chi connectivity index (χ1n) is 7.43. The summed E-state index contributed by atoms with van der Waals surface area (Å²) in [5.74, 6) is -0.698. The Hall–Kier alpha value is -0.970. The maximum Gasteiger partial charge on any atom is 0.193 e. The van der Waals surface area contributed by atoms with Gasteiger partial charge in [0.2, 0.25) is 0 Å². The number of aromatic amines is 1. The summed E-state index contributed by atoms with van der Waals surface area (Å²) in [6, 6.07) is 0. The van der Waals surface area contributed by atoms with Crippen LogP contribution < -0.4 is 0 Å². The molecule has 1 aromatic heterocycles. The van der Waals surface area contributed by atoms with Crippen LogP contribution in [0.25, 0.3) is 0 Å². The fourth-order valence-electron chi connectivity index (χ4n) is 2.85. The van der Waals surface area contributed by atoms with E-state index in [-0.39, 0.29) is 17.5 Å². The molecule has 1 heterocycles. The summed E-state index contributed by atoms with van der Waals surface area (Å²) in [4.78, 5) is 32.4. The highest BCUT2D eigenvalue weighted by atomic mass is 79.9. The van der Waals surface area contributed by atoms with Crippen LogP contribution >= 0.6 is 15.9 Å². The summed E-state index contributed by atoms with van der Waals surface area (Å²) in [5, 5.41) is 0. The molecule has 1 N–H and O–H groups in total. The number of halogens is 1. The zero-order valence-corrected chi connectivity index (χ0v) is 13.6. The van der Waals surface area contributed by atoms with Gasteiger partial charge >= 0.3 is 0 Å². The minimum Gasteiger partial charge on any atom is -0.335 e. The first kappa shape index (κ1) is 15.4. The summed E-state index contributed by atoms with van der Waals surface area (Å²) in [5.41, 5.74) is 1.19. The van der Waals surface area contributed by atoms with E-state index in [0.717, 1.165) is 32.1 Å². The number of hydrogen-bond acceptors (Lipinski definition) is 3. The highest BCUT2D eigenvalue weighted by Gasteiger charge is 2.42. The fraction of sp³-hybridized carbons (Fsp3) is 0.667. The van der Waals surface area contributed by atoms with Gasteiger partial charge in [-0.05, 0) is 28.8 Å². The molecule has 0 spiro atoms. The second kappa shape index (κ2) is 6.66. The number of ketones is 2. The zero-order valence-electron chi connectivity index (χ0n) is 12.0. The van der Waals surface area contributed by atoms with Crippen LogP contribution in [0.4, 0.5) is 0 Å². The Morgan fingerprint density at radius 2 is 1.70 bits per heavy atom. The largest absolute Gasteiger partial charge is 0.335 e. The van der Waals surface area contributed by atoms with Gasteiger partial charge in [0.05, 0.1) is 17.5 Å². The number of carbonyl (C=O) groups is 2. The smallest absolute Gasteiger partial charge is 0.193 e. The number of H-pyrrole nitrogens is 1. The van der Waals surface area contributed by atoms with E-state index in [1.54, 1.807) is 0 Å². The molecule has 110 valence electrons. The molecule has 2 rings (SSSR count). The zero-order chi connectivity index (χ0) is 14.7. The standard InChI is InChI=1S/C15H21BrN2O2/c1-3-5-7-9-11-12(18-15(16)17-11)14(20)10(13(9)19)8-6-4-2/h9-10H,3-8H2,1-2H3,(H,17,18). The van der Waals surface area contributed by atoms with Crippen molar-refractivity contribution in [2.75, 3.05) is 0 Å². The molecular formula is C15H21BrN2O2. The maximum atomic E-state index is 12.6. The highest BCUT2D eigenvalue weighted by Crippen LogP contribution is 2.36. The molecule has 1 aromatic rings. The van der Waals surface area contributed by atoms with Crippen molar-refractivity contribution in [3.05, 3.63) is 16.1 Å². The predicted octanol–water partition coefficient (Wildman–Crippen LogP) is 4.02. The summed E-state index contributed by atoms with van der Waals surface area (Å²) in [6.07, 6.45) is 5.38. The lowest BCUT2D eigenvalue weighted by molar-refractivity contribution is -0.123. The van der Waals surface area contributed by atoms with Crippen LogP contribution in [0.5, 0.6) is 0 Å². The Kier molecular flexibility index (Phi) is 5.13. The Morgan fingerprint density at radius 3 is 2.30 bits per heavy atom. The minimum atomic E-state index is -0.487. The number of rotatable bonds is 6. The number of fused-ring (bicyclic) bond motifs is 1. The third-order valence-electron chi connectivity index (χ3n) is 3.98. The molecule has 1 aliphatic rings. The van der Waals surface area contributed by atoms with Crippen molar-refractivity contribution < 1.29 is 9.59 Å². The van der Waals surface area contributed by atoms with E-state index in [1.165, 1.54) is 0 Å². The van der Waals surface area contributed by atoms with Gasteiger partial charge in [0.1, 0.15) is 5.69 Å². The molecule has 4 nitrogen and oxygen atoms in total. The number of carbonyl (C=O) groups excluding carboxylic acids is 2. The van der Waals surface area contributed by atoms with E-state index in [4.69, 9.17) is 0 Å². The second-order valence-corrected chi connectivity index (χ2v) is 6.20. The monoisotopic (exact) mass is 340 g/mol. The van der Waals surface area contributed by atoms with E-state index in [2.05, 4.69) is 39.7 Å². The van der Waals surface area contributed by atoms with E-state index >= 15 is 0 Å². The lowest BCUT2D eigenvalue weighted by Gasteiger charge is -2.26. The summed E-state index contributed by atoms with van der Waals surface area (Å²) >= 11 is 3.28. The SMILES string of the molecule is CCCCC1C(=O)c2nc(Br)[nH]c2C(CCCC)C1=O. The van der Waals surface area contributed by atoms with Gasteiger partial charge in [0.15, 0.2) is 16.3 Å². The molecule has 0 fully saturated rings.